The van der Waals surface area contributed by atoms with E-state index in [2.05, 4.69) is 0 Å². The second-order valence-electron chi connectivity index (χ2n) is 2.44. The normalized spacial score (nSPS) is 16.2. The topological polar surface area (TPSA) is 20.2 Å². The molecule has 1 fully saturated rings. The van der Waals surface area contributed by atoms with Crippen molar-refractivity contribution in [3.63, 3.8) is 0 Å². The quantitative estimate of drug-likeness (QED) is 0.562. The Balaban J connectivity index is 0. The summed E-state index contributed by atoms with van der Waals surface area (Å²) in [5.41, 5.74) is 0. The lowest BCUT2D eigenvalue weighted by Crippen LogP contribution is -1.85. The van der Waals surface area contributed by atoms with Gasteiger partial charge >= 0.3 is 0 Å². The molecule has 0 aromatic rings. The van der Waals surface area contributed by atoms with E-state index in [-0.39, 0.29) is 11.3 Å². The van der Waals surface area contributed by atoms with Gasteiger partial charge in [0.15, 0.2) is 0 Å². The Hall–Kier alpha value is -0.110. The summed E-state index contributed by atoms with van der Waals surface area (Å²) in [4.78, 5) is 0. The number of hydrogen-bond donors (Lipinski definition) is 1. The van der Waals surface area contributed by atoms with Gasteiger partial charge in [-0.3, -0.25) is 4.70 Å². The maximum absolute atomic E-state index is 7.57. The van der Waals surface area contributed by atoms with Crippen molar-refractivity contribution in [3.8, 4) is 0 Å². The minimum Gasteiger partial charge on any atom is -0.397 e. The van der Waals surface area contributed by atoms with Gasteiger partial charge in [0.05, 0.1) is 0 Å². The van der Waals surface area contributed by atoms with Gasteiger partial charge in [0.1, 0.15) is 0 Å². The fourth-order valence-electron chi connectivity index (χ4n) is 1.06. The first-order valence-corrected chi connectivity index (χ1v) is 4.02. The lowest BCUT2D eigenvalue weighted by molar-refractivity contribution is 0.318. The number of halogens is 1. The number of hydrogen-bond acceptors (Lipinski definition) is 1. The smallest absolute Gasteiger partial charge is 0.0402 e. The van der Waals surface area contributed by atoms with Gasteiger partial charge in [-0.25, -0.2) is 0 Å². The van der Waals surface area contributed by atoms with E-state index in [1.807, 2.05) is 0 Å². The highest BCUT2D eigenvalue weighted by Crippen LogP contribution is 2.15. The minimum absolute atomic E-state index is 0. The molecule has 0 amide bonds. The molecule has 0 spiro atoms. The highest BCUT2D eigenvalue weighted by molar-refractivity contribution is 4.51. The van der Waals surface area contributed by atoms with E-state index in [4.69, 9.17) is 5.11 Å². The molecule has 0 saturated heterocycles. The van der Waals surface area contributed by atoms with Crippen LogP contribution in [0.25, 0.3) is 0 Å². The van der Waals surface area contributed by atoms with Crippen LogP contribution in [0.3, 0.4) is 0 Å². The summed E-state index contributed by atoms with van der Waals surface area (Å²) >= 11 is 0. The summed E-state index contributed by atoms with van der Waals surface area (Å²) in [6, 6.07) is 0. The first kappa shape index (κ1) is 12.6. The van der Waals surface area contributed by atoms with E-state index in [0.717, 1.165) is 0 Å². The first-order chi connectivity index (χ1) is 4.41. The van der Waals surface area contributed by atoms with Gasteiger partial charge in [-0.05, 0) is 6.92 Å². The van der Waals surface area contributed by atoms with Gasteiger partial charge in [0.25, 0.3) is 0 Å². The first-order valence-electron chi connectivity index (χ1n) is 4.02. The Morgan fingerprint density at radius 2 is 1.00 bits per heavy atom. The molecule has 1 aliphatic carbocycles. The molecular formula is C8H19FO. The molecule has 1 N–H and O–H groups in total. The van der Waals surface area contributed by atoms with E-state index >= 15 is 0 Å². The third-order valence-corrected chi connectivity index (χ3v) is 1.50. The molecule has 1 nitrogen and oxygen atoms in total. The fourth-order valence-corrected chi connectivity index (χ4v) is 1.06. The second-order valence-corrected chi connectivity index (χ2v) is 2.44. The van der Waals surface area contributed by atoms with E-state index in [9.17, 15) is 0 Å². The van der Waals surface area contributed by atoms with Gasteiger partial charge in [-0.1, -0.05) is 38.5 Å². The molecule has 2 heteroatoms. The predicted octanol–water partition coefficient (Wildman–Crippen LogP) is 2.49. The van der Waals surface area contributed by atoms with Crippen molar-refractivity contribution in [1.29, 1.82) is 0 Å². The number of rotatable bonds is 0. The van der Waals surface area contributed by atoms with Crippen LogP contribution in [0, 0.1) is 0 Å². The highest BCUT2D eigenvalue weighted by atomic mass is 19.0. The highest BCUT2D eigenvalue weighted by Gasteiger charge is 1.95. The second kappa shape index (κ2) is 11.7. The summed E-state index contributed by atoms with van der Waals surface area (Å²) in [7, 11) is 0. The molecule has 1 aliphatic rings. The zero-order chi connectivity index (χ0) is 6.95. The summed E-state index contributed by atoms with van der Waals surface area (Å²) < 4.78 is 0. The average molecular weight is 150 g/mol. The standard InChI is InChI=1S/C6H12.C2H6O.FH/c1-2-4-6-5-3-1;1-2-3;/h1-6H2;3H,2H2,1H3;1H. The van der Waals surface area contributed by atoms with E-state index in [1.165, 1.54) is 38.5 Å². The van der Waals surface area contributed by atoms with Crippen molar-refractivity contribution in [2.75, 3.05) is 6.61 Å². The third-order valence-electron chi connectivity index (χ3n) is 1.50. The SMILES string of the molecule is C1CCCCC1.CCO.F. The molecule has 0 aromatic carbocycles. The molecule has 0 radical (unpaired) electrons. The maximum Gasteiger partial charge on any atom is 0.0402 e. The van der Waals surface area contributed by atoms with Crippen LogP contribution >= 0.6 is 0 Å². The maximum atomic E-state index is 7.57. The Morgan fingerprint density at radius 3 is 1.10 bits per heavy atom. The molecule has 1 saturated carbocycles. The summed E-state index contributed by atoms with van der Waals surface area (Å²) in [5.74, 6) is 0. The Labute approximate surface area is 62.8 Å². The lowest BCUT2D eigenvalue weighted by atomic mass is 10.0. The lowest BCUT2D eigenvalue weighted by Gasteiger charge is -2.05. The van der Waals surface area contributed by atoms with Crippen molar-refractivity contribution in [3.05, 3.63) is 0 Å². The van der Waals surface area contributed by atoms with Gasteiger partial charge in [-0.15, -0.1) is 0 Å². The van der Waals surface area contributed by atoms with Gasteiger partial charge in [0, 0.05) is 6.61 Å². The molecule has 10 heavy (non-hydrogen) atoms. The Morgan fingerprint density at radius 1 is 0.900 bits per heavy atom. The van der Waals surface area contributed by atoms with Crippen molar-refractivity contribution >= 4 is 0 Å². The molecule has 0 atom stereocenters. The van der Waals surface area contributed by atoms with E-state index in [0.29, 0.717) is 0 Å². The monoisotopic (exact) mass is 150 g/mol. The fraction of sp³-hybridized carbons (Fsp3) is 1.00. The van der Waals surface area contributed by atoms with Crippen molar-refractivity contribution < 1.29 is 9.81 Å². The molecule has 1 rings (SSSR count). The third kappa shape index (κ3) is 10.8. The summed E-state index contributed by atoms with van der Waals surface area (Å²) in [5, 5.41) is 7.57. The van der Waals surface area contributed by atoms with Gasteiger partial charge in [-0.2, -0.15) is 0 Å². The Bertz CT molecular complexity index is 33.0. The zero-order valence-corrected chi connectivity index (χ0v) is 6.81. The van der Waals surface area contributed by atoms with E-state index < -0.39 is 0 Å². The summed E-state index contributed by atoms with van der Waals surface area (Å²) in [6.45, 7) is 1.93. The van der Waals surface area contributed by atoms with E-state index in [1.54, 1.807) is 6.92 Å². The molecule has 0 aliphatic heterocycles. The van der Waals surface area contributed by atoms with Crippen molar-refractivity contribution in [1.82, 2.24) is 0 Å². The minimum atomic E-state index is 0. The van der Waals surface area contributed by atoms with Crippen molar-refractivity contribution in [2.45, 2.75) is 45.4 Å². The average Bonchev–Trinajstić information content (AvgIpc) is 1.93. The summed E-state index contributed by atoms with van der Waals surface area (Å²) in [6.07, 6.45) is 9.00. The molecular weight excluding hydrogens is 131 g/mol. The van der Waals surface area contributed by atoms with Crippen LogP contribution in [0.5, 0.6) is 0 Å². The van der Waals surface area contributed by atoms with Crippen LogP contribution in [0.1, 0.15) is 45.4 Å². The van der Waals surface area contributed by atoms with Crippen LogP contribution < -0.4 is 0 Å². The van der Waals surface area contributed by atoms with Crippen molar-refractivity contribution in [2.24, 2.45) is 0 Å². The van der Waals surface area contributed by atoms with Crippen LogP contribution in [-0.2, 0) is 0 Å². The predicted molar refractivity (Wildman–Crippen MR) is 43.0 cm³/mol. The zero-order valence-electron chi connectivity index (χ0n) is 6.81. The Kier molecular flexibility index (Phi) is 14.6. The van der Waals surface area contributed by atoms with Crippen LogP contribution in [0.15, 0.2) is 0 Å². The van der Waals surface area contributed by atoms with Crippen LogP contribution in [-0.4, -0.2) is 11.7 Å². The molecule has 0 aromatic heterocycles. The van der Waals surface area contributed by atoms with Crippen LogP contribution in [0.4, 0.5) is 4.70 Å². The molecule has 0 bridgehead atoms. The number of aliphatic hydroxyl groups excluding tert-OH is 1. The number of aliphatic hydroxyl groups is 1. The largest absolute Gasteiger partial charge is 0.397 e. The van der Waals surface area contributed by atoms with Crippen LogP contribution in [0.2, 0.25) is 0 Å². The molecule has 64 valence electrons. The van der Waals surface area contributed by atoms with Gasteiger partial charge in [0.2, 0.25) is 0 Å². The molecule has 0 unspecified atom stereocenters. The molecule has 0 heterocycles. The van der Waals surface area contributed by atoms with Gasteiger partial charge < -0.3 is 5.11 Å².